The molecule has 0 amide bonds. The van der Waals surface area contributed by atoms with E-state index in [2.05, 4.69) is 27.7 Å². The summed E-state index contributed by atoms with van der Waals surface area (Å²) in [5.41, 5.74) is 6.06. The molecule has 0 aromatic rings. The molecular weight excluding hydrogens is 150 g/mol. The first-order valence-corrected chi connectivity index (χ1v) is 4.81. The molecule has 1 aliphatic rings. The van der Waals surface area contributed by atoms with Crippen molar-refractivity contribution >= 4 is 0 Å². The Bertz CT molecular complexity index is 154. The van der Waals surface area contributed by atoms with Crippen molar-refractivity contribution in [2.24, 2.45) is 17.1 Å². The minimum absolute atomic E-state index is 0.189. The molecule has 1 rings (SSSR count). The summed E-state index contributed by atoms with van der Waals surface area (Å²) in [4.78, 5) is 0. The van der Waals surface area contributed by atoms with Crippen LogP contribution in [-0.4, -0.2) is 18.8 Å². The van der Waals surface area contributed by atoms with Gasteiger partial charge in [0.05, 0.1) is 6.10 Å². The summed E-state index contributed by atoms with van der Waals surface area (Å²) in [5, 5.41) is 0. The Morgan fingerprint density at radius 3 is 2.42 bits per heavy atom. The molecule has 0 heterocycles. The van der Waals surface area contributed by atoms with E-state index in [9.17, 15) is 0 Å². The van der Waals surface area contributed by atoms with Crippen molar-refractivity contribution in [3.05, 3.63) is 0 Å². The predicted octanol–water partition coefficient (Wildman–Crippen LogP) is 1.78. The fourth-order valence-electron chi connectivity index (χ4n) is 1.51. The van der Waals surface area contributed by atoms with Crippen LogP contribution in [0.4, 0.5) is 0 Å². The second kappa shape index (κ2) is 3.35. The van der Waals surface area contributed by atoms with Gasteiger partial charge in [-0.1, -0.05) is 27.7 Å². The summed E-state index contributed by atoms with van der Waals surface area (Å²) in [5.74, 6) is 0.623. The zero-order valence-electron chi connectivity index (χ0n) is 8.63. The standard InChI is InChI=1S/C10H21NO/c1-7(2)6-12-9-5-8(11)10(9,3)4/h7-9H,5-6,11H2,1-4H3/t8-,9+/m1/s1. The maximum Gasteiger partial charge on any atom is 0.0655 e. The Morgan fingerprint density at radius 2 is 2.08 bits per heavy atom. The third-order valence-electron chi connectivity index (χ3n) is 2.88. The zero-order valence-corrected chi connectivity index (χ0v) is 8.63. The van der Waals surface area contributed by atoms with Gasteiger partial charge in [0.1, 0.15) is 0 Å². The summed E-state index contributed by atoms with van der Waals surface area (Å²) < 4.78 is 5.75. The van der Waals surface area contributed by atoms with E-state index in [1.807, 2.05) is 0 Å². The number of hydrogen-bond donors (Lipinski definition) is 1. The summed E-state index contributed by atoms with van der Waals surface area (Å²) in [6, 6.07) is 0.328. The van der Waals surface area contributed by atoms with E-state index in [1.54, 1.807) is 0 Å². The SMILES string of the molecule is CC(C)CO[C@H]1C[C@@H](N)C1(C)C. The van der Waals surface area contributed by atoms with Crippen molar-refractivity contribution in [2.45, 2.75) is 46.3 Å². The molecule has 0 spiro atoms. The van der Waals surface area contributed by atoms with E-state index in [0.717, 1.165) is 13.0 Å². The van der Waals surface area contributed by atoms with E-state index >= 15 is 0 Å². The van der Waals surface area contributed by atoms with Crippen LogP contribution in [0.15, 0.2) is 0 Å². The molecule has 2 nitrogen and oxygen atoms in total. The molecule has 0 radical (unpaired) electrons. The predicted molar refractivity (Wildman–Crippen MR) is 51.0 cm³/mol. The van der Waals surface area contributed by atoms with Gasteiger partial charge in [-0.2, -0.15) is 0 Å². The van der Waals surface area contributed by atoms with Gasteiger partial charge in [0.25, 0.3) is 0 Å². The van der Waals surface area contributed by atoms with E-state index in [-0.39, 0.29) is 5.41 Å². The number of nitrogens with two attached hydrogens (primary N) is 1. The van der Waals surface area contributed by atoms with Crippen molar-refractivity contribution in [3.63, 3.8) is 0 Å². The molecule has 1 fully saturated rings. The molecule has 0 bridgehead atoms. The monoisotopic (exact) mass is 171 g/mol. The van der Waals surface area contributed by atoms with Gasteiger partial charge >= 0.3 is 0 Å². The van der Waals surface area contributed by atoms with Crippen LogP contribution in [0.1, 0.15) is 34.1 Å². The van der Waals surface area contributed by atoms with Gasteiger partial charge in [0.15, 0.2) is 0 Å². The molecule has 1 aliphatic carbocycles. The number of rotatable bonds is 3. The van der Waals surface area contributed by atoms with Crippen LogP contribution in [0, 0.1) is 11.3 Å². The fourth-order valence-corrected chi connectivity index (χ4v) is 1.51. The minimum Gasteiger partial charge on any atom is -0.377 e. The highest BCUT2D eigenvalue weighted by molar-refractivity contribution is 5.00. The first kappa shape index (κ1) is 10.0. The molecule has 2 atom stereocenters. The highest BCUT2D eigenvalue weighted by atomic mass is 16.5. The molecule has 0 aliphatic heterocycles. The van der Waals surface area contributed by atoms with E-state index in [0.29, 0.717) is 18.1 Å². The van der Waals surface area contributed by atoms with Crippen LogP contribution < -0.4 is 5.73 Å². The lowest BCUT2D eigenvalue weighted by Gasteiger charge is -2.50. The van der Waals surface area contributed by atoms with Crippen molar-refractivity contribution in [1.82, 2.24) is 0 Å². The third-order valence-corrected chi connectivity index (χ3v) is 2.88. The second-order valence-electron chi connectivity index (χ2n) is 4.88. The molecule has 2 heteroatoms. The van der Waals surface area contributed by atoms with E-state index in [1.165, 1.54) is 0 Å². The first-order valence-electron chi connectivity index (χ1n) is 4.81. The van der Waals surface area contributed by atoms with Crippen LogP contribution in [0.5, 0.6) is 0 Å². The van der Waals surface area contributed by atoms with Crippen molar-refractivity contribution in [3.8, 4) is 0 Å². The maximum absolute atomic E-state index is 5.87. The van der Waals surface area contributed by atoms with Crippen LogP contribution in [0.2, 0.25) is 0 Å². The van der Waals surface area contributed by atoms with Gasteiger partial charge < -0.3 is 10.5 Å². The Morgan fingerprint density at radius 1 is 1.50 bits per heavy atom. The van der Waals surface area contributed by atoms with Crippen LogP contribution in [0.25, 0.3) is 0 Å². The van der Waals surface area contributed by atoms with Crippen LogP contribution in [0.3, 0.4) is 0 Å². The van der Waals surface area contributed by atoms with Crippen molar-refractivity contribution in [1.29, 1.82) is 0 Å². The van der Waals surface area contributed by atoms with Crippen LogP contribution in [-0.2, 0) is 4.74 Å². The molecule has 12 heavy (non-hydrogen) atoms. The van der Waals surface area contributed by atoms with Gasteiger partial charge in [0, 0.05) is 18.1 Å². The molecule has 0 aromatic heterocycles. The fraction of sp³-hybridized carbons (Fsp3) is 1.00. The van der Waals surface area contributed by atoms with Gasteiger partial charge in [-0.3, -0.25) is 0 Å². The Kier molecular flexibility index (Phi) is 2.79. The molecule has 2 N–H and O–H groups in total. The summed E-state index contributed by atoms with van der Waals surface area (Å²) in [6.07, 6.45) is 1.41. The highest BCUT2D eigenvalue weighted by Crippen LogP contribution is 2.41. The zero-order chi connectivity index (χ0) is 9.35. The lowest BCUT2D eigenvalue weighted by Crippen LogP contribution is -2.59. The Labute approximate surface area is 75.5 Å². The molecule has 0 saturated heterocycles. The van der Waals surface area contributed by atoms with Crippen molar-refractivity contribution in [2.75, 3.05) is 6.61 Å². The van der Waals surface area contributed by atoms with Crippen molar-refractivity contribution < 1.29 is 4.74 Å². The maximum atomic E-state index is 5.87. The lowest BCUT2D eigenvalue weighted by atomic mass is 9.65. The first-order chi connectivity index (χ1) is 5.44. The normalized spacial score (nSPS) is 33.5. The van der Waals surface area contributed by atoms with E-state index < -0.39 is 0 Å². The summed E-state index contributed by atoms with van der Waals surface area (Å²) in [7, 11) is 0. The molecule has 0 unspecified atom stereocenters. The van der Waals surface area contributed by atoms with Crippen LogP contribution >= 0.6 is 0 Å². The molecule has 0 aromatic carbocycles. The largest absolute Gasteiger partial charge is 0.377 e. The van der Waals surface area contributed by atoms with Gasteiger partial charge in [-0.05, 0) is 12.3 Å². The van der Waals surface area contributed by atoms with Gasteiger partial charge in [-0.15, -0.1) is 0 Å². The topological polar surface area (TPSA) is 35.2 Å². The lowest BCUT2D eigenvalue weighted by molar-refractivity contribution is -0.114. The highest BCUT2D eigenvalue weighted by Gasteiger charge is 2.46. The Hall–Kier alpha value is -0.0800. The molecule has 1 saturated carbocycles. The average Bonchev–Trinajstić information content (AvgIpc) is 1.97. The third kappa shape index (κ3) is 1.80. The number of hydrogen-bond acceptors (Lipinski definition) is 2. The Balaban J connectivity index is 2.28. The van der Waals surface area contributed by atoms with Gasteiger partial charge in [-0.25, -0.2) is 0 Å². The summed E-state index contributed by atoms with van der Waals surface area (Å²) >= 11 is 0. The second-order valence-corrected chi connectivity index (χ2v) is 4.88. The average molecular weight is 171 g/mol. The number of ether oxygens (including phenoxy) is 1. The van der Waals surface area contributed by atoms with E-state index in [4.69, 9.17) is 10.5 Å². The smallest absolute Gasteiger partial charge is 0.0655 e. The molecule has 72 valence electrons. The minimum atomic E-state index is 0.189. The summed E-state index contributed by atoms with van der Waals surface area (Å²) in [6.45, 7) is 9.58. The van der Waals surface area contributed by atoms with Gasteiger partial charge in [0.2, 0.25) is 0 Å². The molecular formula is C10H21NO. The quantitative estimate of drug-likeness (QED) is 0.702.